The van der Waals surface area contributed by atoms with Gasteiger partial charge < -0.3 is 15.8 Å². The summed E-state index contributed by atoms with van der Waals surface area (Å²) in [5.74, 6) is 0.422. The van der Waals surface area contributed by atoms with Gasteiger partial charge in [0.2, 0.25) is 5.91 Å². The molecule has 0 unspecified atom stereocenters. The van der Waals surface area contributed by atoms with E-state index in [2.05, 4.69) is 5.32 Å². The van der Waals surface area contributed by atoms with E-state index in [1.807, 2.05) is 37.3 Å². The molecule has 0 fully saturated rings. The van der Waals surface area contributed by atoms with E-state index in [9.17, 15) is 4.79 Å². The van der Waals surface area contributed by atoms with Crippen LogP contribution in [0.5, 0.6) is 5.75 Å². The normalized spacial score (nSPS) is 10.6. The molecule has 2 aromatic carbocycles. The second kappa shape index (κ2) is 6.61. The van der Waals surface area contributed by atoms with Crippen LogP contribution in [0.1, 0.15) is 11.1 Å². The molecule has 0 aliphatic heterocycles. The van der Waals surface area contributed by atoms with Crippen molar-refractivity contribution < 1.29 is 9.53 Å². The Morgan fingerprint density at radius 2 is 1.90 bits per heavy atom. The summed E-state index contributed by atoms with van der Waals surface area (Å²) in [4.78, 5) is 12.0. The molecule has 0 spiro atoms. The van der Waals surface area contributed by atoms with Crippen molar-refractivity contribution in [2.24, 2.45) is 0 Å². The number of carbonyl (C=O) groups excluding carboxylic acids is 1. The van der Waals surface area contributed by atoms with Crippen molar-refractivity contribution in [3.63, 3.8) is 0 Å². The summed E-state index contributed by atoms with van der Waals surface area (Å²) in [5.41, 5.74) is 8.93. The number of amides is 1. The van der Waals surface area contributed by atoms with Crippen LogP contribution in [-0.4, -0.2) is 13.0 Å². The van der Waals surface area contributed by atoms with E-state index in [4.69, 9.17) is 10.5 Å². The zero-order chi connectivity index (χ0) is 15.2. The Hall–Kier alpha value is -2.75. The van der Waals surface area contributed by atoms with Gasteiger partial charge in [-0.25, -0.2) is 0 Å². The minimum Gasteiger partial charge on any atom is -0.495 e. The number of methoxy groups -OCH3 is 1. The summed E-state index contributed by atoms with van der Waals surface area (Å²) < 4.78 is 5.22. The fourth-order valence-corrected chi connectivity index (χ4v) is 1.87. The molecular formula is C17H18N2O2. The molecule has 1 amide bonds. The van der Waals surface area contributed by atoms with Crippen LogP contribution >= 0.6 is 0 Å². The smallest absolute Gasteiger partial charge is 0.248 e. The molecule has 2 aromatic rings. The standard InChI is InChI=1S/C17H18N2O2/c1-12-3-9-16(21-2)15(11-12)19-17(20)10-6-13-4-7-14(18)8-5-13/h3-11H,18H2,1-2H3,(H,19,20)/b10-6+. The van der Waals surface area contributed by atoms with Crippen LogP contribution in [0, 0.1) is 6.92 Å². The zero-order valence-electron chi connectivity index (χ0n) is 12.1. The van der Waals surface area contributed by atoms with Crippen LogP contribution in [0.15, 0.2) is 48.5 Å². The number of benzene rings is 2. The fraction of sp³-hybridized carbons (Fsp3) is 0.118. The Morgan fingerprint density at radius 1 is 1.19 bits per heavy atom. The van der Waals surface area contributed by atoms with Crippen molar-refractivity contribution >= 4 is 23.4 Å². The molecule has 2 rings (SSSR count). The third-order valence-electron chi connectivity index (χ3n) is 2.98. The van der Waals surface area contributed by atoms with Crippen LogP contribution in [0.25, 0.3) is 6.08 Å². The van der Waals surface area contributed by atoms with Crippen LogP contribution in [0.4, 0.5) is 11.4 Å². The maximum absolute atomic E-state index is 12.0. The van der Waals surface area contributed by atoms with Gasteiger partial charge in [-0.3, -0.25) is 4.79 Å². The average Bonchev–Trinajstić information content (AvgIpc) is 2.47. The lowest BCUT2D eigenvalue weighted by Crippen LogP contribution is -2.09. The summed E-state index contributed by atoms with van der Waals surface area (Å²) in [6.07, 6.45) is 3.21. The zero-order valence-corrected chi connectivity index (χ0v) is 12.1. The molecule has 0 aliphatic carbocycles. The molecule has 0 radical (unpaired) electrons. The lowest BCUT2D eigenvalue weighted by Gasteiger charge is -2.09. The first-order valence-electron chi connectivity index (χ1n) is 6.58. The van der Waals surface area contributed by atoms with Crippen molar-refractivity contribution in [1.82, 2.24) is 0 Å². The molecule has 0 heterocycles. The topological polar surface area (TPSA) is 64.3 Å². The minimum absolute atomic E-state index is 0.212. The first-order chi connectivity index (χ1) is 10.1. The summed E-state index contributed by atoms with van der Waals surface area (Å²) in [7, 11) is 1.57. The van der Waals surface area contributed by atoms with Gasteiger partial charge in [0, 0.05) is 11.8 Å². The van der Waals surface area contributed by atoms with Gasteiger partial charge in [-0.05, 0) is 48.4 Å². The number of nitrogens with two attached hydrogens (primary N) is 1. The van der Waals surface area contributed by atoms with E-state index in [1.54, 1.807) is 25.3 Å². The Bertz CT molecular complexity index is 661. The van der Waals surface area contributed by atoms with Crippen molar-refractivity contribution in [2.45, 2.75) is 6.92 Å². The number of anilines is 2. The van der Waals surface area contributed by atoms with Crippen molar-refractivity contribution in [2.75, 3.05) is 18.2 Å². The van der Waals surface area contributed by atoms with E-state index in [1.165, 1.54) is 6.08 Å². The van der Waals surface area contributed by atoms with Gasteiger partial charge in [0.05, 0.1) is 12.8 Å². The summed E-state index contributed by atoms with van der Waals surface area (Å²) >= 11 is 0. The number of hydrogen-bond donors (Lipinski definition) is 2. The molecule has 0 saturated carbocycles. The Morgan fingerprint density at radius 3 is 2.57 bits per heavy atom. The number of ether oxygens (including phenoxy) is 1. The first-order valence-corrected chi connectivity index (χ1v) is 6.58. The molecule has 21 heavy (non-hydrogen) atoms. The fourth-order valence-electron chi connectivity index (χ4n) is 1.87. The minimum atomic E-state index is -0.212. The molecule has 0 bridgehead atoms. The van der Waals surface area contributed by atoms with Gasteiger partial charge in [0.15, 0.2) is 0 Å². The third-order valence-corrected chi connectivity index (χ3v) is 2.98. The molecular weight excluding hydrogens is 264 g/mol. The van der Waals surface area contributed by atoms with E-state index in [-0.39, 0.29) is 5.91 Å². The lowest BCUT2D eigenvalue weighted by molar-refractivity contribution is -0.111. The highest BCUT2D eigenvalue weighted by Crippen LogP contribution is 2.25. The predicted octanol–water partition coefficient (Wildman–Crippen LogP) is 3.24. The van der Waals surface area contributed by atoms with Gasteiger partial charge in [0.25, 0.3) is 0 Å². The number of hydrogen-bond acceptors (Lipinski definition) is 3. The van der Waals surface area contributed by atoms with Gasteiger partial charge in [-0.2, -0.15) is 0 Å². The maximum atomic E-state index is 12.0. The van der Waals surface area contributed by atoms with Gasteiger partial charge >= 0.3 is 0 Å². The molecule has 0 aliphatic rings. The van der Waals surface area contributed by atoms with Crippen LogP contribution in [0.3, 0.4) is 0 Å². The van der Waals surface area contributed by atoms with Crippen LogP contribution < -0.4 is 15.8 Å². The number of carbonyl (C=O) groups is 1. The maximum Gasteiger partial charge on any atom is 0.248 e. The molecule has 4 heteroatoms. The summed E-state index contributed by atoms with van der Waals surface area (Å²) in [6, 6.07) is 12.9. The van der Waals surface area contributed by atoms with Crippen LogP contribution in [-0.2, 0) is 4.79 Å². The molecule has 108 valence electrons. The van der Waals surface area contributed by atoms with Crippen molar-refractivity contribution in [1.29, 1.82) is 0 Å². The number of nitrogen functional groups attached to an aromatic ring is 1. The first kappa shape index (κ1) is 14.7. The van der Waals surface area contributed by atoms with Crippen molar-refractivity contribution in [3.8, 4) is 5.75 Å². The van der Waals surface area contributed by atoms with Gasteiger partial charge in [-0.15, -0.1) is 0 Å². The number of aryl methyl sites for hydroxylation is 1. The number of rotatable bonds is 4. The largest absolute Gasteiger partial charge is 0.495 e. The SMILES string of the molecule is COc1ccc(C)cc1NC(=O)/C=C/c1ccc(N)cc1. The van der Waals surface area contributed by atoms with E-state index < -0.39 is 0 Å². The second-order valence-corrected chi connectivity index (χ2v) is 4.69. The van der Waals surface area contributed by atoms with Crippen LogP contribution in [0.2, 0.25) is 0 Å². The van der Waals surface area contributed by atoms with Gasteiger partial charge in [0.1, 0.15) is 5.75 Å². The van der Waals surface area contributed by atoms with E-state index >= 15 is 0 Å². The Balaban J connectivity index is 2.08. The highest BCUT2D eigenvalue weighted by Gasteiger charge is 2.05. The van der Waals surface area contributed by atoms with E-state index in [0.29, 0.717) is 17.1 Å². The average molecular weight is 282 g/mol. The lowest BCUT2D eigenvalue weighted by atomic mass is 10.2. The summed E-state index contributed by atoms with van der Waals surface area (Å²) in [5, 5.41) is 2.81. The highest BCUT2D eigenvalue weighted by atomic mass is 16.5. The van der Waals surface area contributed by atoms with Crippen molar-refractivity contribution in [3.05, 3.63) is 59.7 Å². The molecule has 3 N–H and O–H groups in total. The Kier molecular flexibility index (Phi) is 4.61. The molecule has 0 saturated heterocycles. The molecule has 0 atom stereocenters. The number of nitrogens with one attached hydrogen (secondary N) is 1. The summed E-state index contributed by atoms with van der Waals surface area (Å²) in [6.45, 7) is 1.96. The second-order valence-electron chi connectivity index (χ2n) is 4.69. The molecule has 4 nitrogen and oxygen atoms in total. The quantitative estimate of drug-likeness (QED) is 0.668. The predicted molar refractivity (Wildman–Crippen MR) is 86.2 cm³/mol. The molecule has 0 aromatic heterocycles. The van der Waals surface area contributed by atoms with E-state index in [0.717, 1.165) is 11.1 Å². The Labute approximate surface area is 124 Å². The van der Waals surface area contributed by atoms with Gasteiger partial charge in [-0.1, -0.05) is 18.2 Å². The monoisotopic (exact) mass is 282 g/mol. The third kappa shape index (κ3) is 4.11. The highest BCUT2D eigenvalue weighted by molar-refractivity contribution is 6.02.